The number of aromatic nitrogens is 1. The van der Waals surface area contributed by atoms with Crippen molar-refractivity contribution in [2.45, 2.75) is 85.4 Å². The van der Waals surface area contributed by atoms with Crippen molar-refractivity contribution < 1.29 is 28.6 Å². The molecule has 1 aliphatic rings. The largest absolute Gasteiger partial charge is 0.493 e. The number of carboxylic acid groups (broad SMARTS) is 1. The molecule has 2 aromatic rings. The summed E-state index contributed by atoms with van der Waals surface area (Å²) in [5, 5.41) is 10.0. The van der Waals surface area contributed by atoms with Crippen molar-refractivity contribution in [1.29, 1.82) is 0 Å². The predicted octanol–water partition coefficient (Wildman–Crippen LogP) is 5.97. The molecule has 8 nitrogen and oxygen atoms in total. The zero-order valence-electron chi connectivity index (χ0n) is 22.3. The Kier molecular flexibility index (Phi) is 8.48. The minimum atomic E-state index is -1.15. The van der Waals surface area contributed by atoms with Gasteiger partial charge >= 0.3 is 12.1 Å². The molecule has 1 aromatic carbocycles. The normalized spacial score (nSPS) is 17.9. The number of aliphatic carboxylic acids is 1. The van der Waals surface area contributed by atoms with Crippen LogP contribution in [0, 0.1) is 12.8 Å². The van der Waals surface area contributed by atoms with E-state index >= 15 is 0 Å². The summed E-state index contributed by atoms with van der Waals surface area (Å²) in [5.41, 5.74) is 1.52. The maximum Gasteiger partial charge on any atom is 0.411 e. The maximum absolute atomic E-state index is 12.9. The summed E-state index contributed by atoms with van der Waals surface area (Å²) in [6.07, 6.45) is 5.35. The van der Waals surface area contributed by atoms with E-state index in [1.807, 2.05) is 32.1 Å². The van der Waals surface area contributed by atoms with Crippen LogP contribution in [0.25, 0.3) is 6.08 Å². The molecule has 0 fully saturated rings. The zero-order valence-corrected chi connectivity index (χ0v) is 22.3. The fourth-order valence-corrected chi connectivity index (χ4v) is 4.24. The minimum Gasteiger partial charge on any atom is -0.493 e. The third kappa shape index (κ3) is 6.89. The molecule has 1 aliphatic heterocycles. The molecule has 3 rings (SSSR count). The van der Waals surface area contributed by atoms with Crippen molar-refractivity contribution >= 4 is 18.1 Å². The Balaban J connectivity index is 1.72. The third-order valence-electron chi connectivity index (χ3n) is 5.90. The Morgan fingerprint density at radius 2 is 2.03 bits per heavy atom. The summed E-state index contributed by atoms with van der Waals surface area (Å²) in [6.45, 7) is 13.7. The average Bonchev–Trinajstić information content (AvgIpc) is 3.10. The van der Waals surface area contributed by atoms with Crippen LogP contribution in [0.3, 0.4) is 0 Å². The van der Waals surface area contributed by atoms with E-state index in [-0.39, 0.29) is 6.04 Å². The molecule has 0 radical (unpaired) electrons. The van der Waals surface area contributed by atoms with E-state index in [0.717, 1.165) is 23.4 Å². The van der Waals surface area contributed by atoms with Crippen LogP contribution in [-0.4, -0.2) is 45.3 Å². The molecular formula is C28H38N2O6. The van der Waals surface area contributed by atoms with Gasteiger partial charge in [0, 0.05) is 12.5 Å². The Bertz CT molecular complexity index is 1110. The van der Waals surface area contributed by atoms with Crippen molar-refractivity contribution in [1.82, 2.24) is 9.88 Å². The van der Waals surface area contributed by atoms with Gasteiger partial charge in [0.25, 0.3) is 0 Å². The van der Waals surface area contributed by atoms with Crippen LogP contribution >= 0.6 is 0 Å². The molecule has 0 saturated carbocycles. The number of amides is 1. The highest BCUT2D eigenvalue weighted by Gasteiger charge is 2.42. The van der Waals surface area contributed by atoms with Gasteiger partial charge in [-0.05, 0) is 82.7 Å². The Hall–Kier alpha value is -3.29. The van der Waals surface area contributed by atoms with E-state index in [9.17, 15) is 14.7 Å². The van der Waals surface area contributed by atoms with Crippen LogP contribution in [0.4, 0.5) is 4.79 Å². The summed E-state index contributed by atoms with van der Waals surface area (Å²) in [5.74, 6) is 1.33. The number of carboxylic acids is 1. The predicted molar refractivity (Wildman–Crippen MR) is 137 cm³/mol. The molecule has 1 unspecified atom stereocenters. The number of fused-ring (bicyclic) bond motifs is 1. The number of allylic oxidation sites excluding steroid dienone is 1. The third-order valence-corrected chi connectivity index (χ3v) is 5.90. The van der Waals surface area contributed by atoms with Gasteiger partial charge in [-0.2, -0.15) is 0 Å². The lowest BCUT2D eigenvalue weighted by atomic mass is 9.88. The fourth-order valence-electron chi connectivity index (χ4n) is 4.24. The van der Waals surface area contributed by atoms with Crippen molar-refractivity contribution in [2.24, 2.45) is 5.92 Å². The van der Waals surface area contributed by atoms with Gasteiger partial charge in [0.2, 0.25) is 5.89 Å². The van der Waals surface area contributed by atoms with Crippen molar-refractivity contribution in [2.75, 3.05) is 6.61 Å². The van der Waals surface area contributed by atoms with Crippen LogP contribution in [0.5, 0.6) is 5.75 Å². The van der Waals surface area contributed by atoms with Crippen LogP contribution in [0.2, 0.25) is 0 Å². The first-order valence-electron chi connectivity index (χ1n) is 12.5. The fraction of sp³-hybridized carbons (Fsp3) is 0.536. The molecule has 1 aromatic heterocycles. The summed E-state index contributed by atoms with van der Waals surface area (Å²) in [4.78, 5) is 31.0. The smallest absolute Gasteiger partial charge is 0.411 e. The van der Waals surface area contributed by atoms with Crippen LogP contribution in [0.1, 0.15) is 82.5 Å². The number of hydrogen-bond donors (Lipinski definition) is 1. The summed E-state index contributed by atoms with van der Waals surface area (Å²) in [7, 11) is 0. The molecule has 196 valence electrons. The lowest BCUT2D eigenvalue weighted by Crippen LogP contribution is -2.50. The number of rotatable bonds is 8. The molecule has 36 heavy (non-hydrogen) atoms. The van der Waals surface area contributed by atoms with Gasteiger partial charge in [-0.15, -0.1) is 0 Å². The molecule has 8 heteroatoms. The van der Waals surface area contributed by atoms with Crippen LogP contribution in [0.15, 0.2) is 28.7 Å². The lowest BCUT2D eigenvalue weighted by molar-refractivity contribution is -0.144. The van der Waals surface area contributed by atoms with Crippen molar-refractivity contribution in [3.05, 3.63) is 52.7 Å². The molecule has 0 bridgehead atoms. The molecular weight excluding hydrogens is 460 g/mol. The Morgan fingerprint density at radius 1 is 1.31 bits per heavy atom. The van der Waals surface area contributed by atoms with E-state index < -0.39 is 23.7 Å². The van der Waals surface area contributed by atoms with E-state index in [1.165, 1.54) is 4.90 Å². The highest BCUT2D eigenvalue weighted by atomic mass is 16.6. The van der Waals surface area contributed by atoms with Gasteiger partial charge in [0.05, 0.1) is 12.3 Å². The molecule has 0 saturated heterocycles. The molecule has 1 amide bonds. The van der Waals surface area contributed by atoms with Crippen LogP contribution in [-0.2, 0) is 22.4 Å². The Labute approximate surface area is 213 Å². The topological polar surface area (TPSA) is 102 Å². The molecule has 2 heterocycles. The lowest BCUT2D eigenvalue weighted by Gasteiger charge is -2.40. The Morgan fingerprint density at radius 3 is 2.67 bits per heavy atom. The SMILES string of the molecule is Cc1oc(C=CCC(C)C)nc1CCOc1ccc2c(c1)C(C(=O)O)N(C(=O)OC(C)(C)C)[C@@H](C)C2. The number of aryl methyl sites for hydroxylation is 1. The molecule has 0 spiro atoms. The summed E-state index contributed by atoms with van der Waals surface area (Å²) in [6, 6.07) is 3.96. The quantitative estimate of drug-likeness (QED) is 0.478. The second-order valence-electron chi connectivity index (χ2n) is 10.7. The van der Waals surface area contributed by atoms with Gasteiger partial charge in [-0.25, -0.2) is 14.6 Å². The first-order chi connectivity index (χ1) is 16.9. The highest BCUT2D eigenvalue weighted by Crippen LogP contribution is 2.36. The van der Waals surface area contributed by atoms with E-state index in [1.54, 1.807) is 26.8 Å². The average molecular weight is 499 g/mol. The van der Waals surface area contributed by atoms with Gasteiger partial charge in [-0.1, -0.05) is 26.0 Å². The van der Waals surface area contributed by atoms with E-state index in [2.05, 4.69) is 24.9 Å². The van der Waals surface area contributed by atoms with E-state index in [4.69, 9.17) is 13.9 Å². The van der Waals surface area contributed by atoms with Gasteiger partial charge < -0.3 is 19.0 Å². The second kappa shape index (κ2) is 11.2. The first-order valence-corrected chi connectivity index (χ1v) is 12.5. The first kappa shape index (κ1) is 27.3. The maximum atomic E-state index is 12.9. The highest BCUT2D eigenvalue weighted by molar-refractivity contribution is 5.83. The number of carbonyl (C=O) groups excluding carboxylic acids is 1. The molecule has 0 aliphatic carbocycles. The number of hydrogen-bond acceptors (Lipinski definition) is 6. The van der Waals surface area contributed by atoms with Gasteiger partial charge in [0.15, 0.2) is 6.04 Å². The van der Waals surface area contributed by atoms with E-state index in [0.29, 0.717) is 42.6 Å². The minimum absolute atomic E-state index is 0.320. The monoisotopic (exact) mass is 498 g/mol. The summed E-state index contributed by atoms with van der Waals surface area (Å²) < 4.78 is 17.2. The standard InChI is InChI=1S/C28H38N2O6/c1-17(2)9-8-10-24-29-23(19(4)35-24)13-14-34-21-12-11-20-15-18(3)30(27(33)36-28(5,6)7)25(26(31)32)22(20)16-21/h8,10-12,16-18,25H,9,13-15H2,1-7H3,(H,31,32)/t18-,25?/m0/s1. The van der Waals surface area contributed by atoms with Gasteiger partial charge in [0.1, 0.15) is 17.1 Å². The van der Waals surface area contributed by atoms with Crippen molar-refractivity contribution in [3.8, 4) is 5.75 Å². The second-order valence-corrected chi connectivity index (χ2v) is 10.7. The molecule has 1 N–H and O–H groups in total. The molecule has 2 atom stereocenters. The number of nitrogens with zero attached hydrogens (tertiary/aromatic N) is 2. The number of benzene rings is 1. The number of carbonyl (C=O) groups is 2. The number of ether oxygens (including phenoxy) is 2. The van der Waals surface area contributed by atoms with Crippen molar-refractivity contribution in [3.63, 3.8) is 0 Å². The zero-order chi connectivity index (χ0) is 26.6. The van der Waals surface area contributed by atoms with Crippen LogP contribution < -0.4 is 4.74 Å². The number of oxazole rings is 1. The summed E-state index contributed by atoms with van der Waals surface area (Å²) >= 11 is 0. The van der Waals surface area contributed by atoms with Gasteiger partial charge in [-0.3, -0.25) is 4.90 Å².